The second kappa shape index (κ2) is 4.27. The lowest BCUT2D eigenvalue weighted by Crippen LogP contribution is -2.27. The monoisotopic (exact) mass is 170 g/mol. The first-order valence-electron chi connectivity index (χ1n) is 5.34. The van der Waals surface area contributed by atoms with Crippen molar-refractivity contribution < 1.29 is 4.74 Å². The number of hydrogen-bond acceptors (Lipinski definition) is 1. The molecule has 0 bridgehead atoms. The number of ether oxygens (including phenoxy) is 1. The van der Waals surface area contributed by atoms with Crippen LogP contribution < -0.4 is 0 Å². The predicted octanol–water partition coefficient (Wildman–Crippen LogP) is 3.38. The highest BCUT2D eigenvalue weighted by atomic mass is 16.5. The summed E-state index contributed by atoms with van der Waals surface area (Å²) in [4.78, 5) is 0. The fraction of sp³-hybridized carbons (Fsp3) is 1.00. The van der Waals surface area contributed by atoms with Gasteiger partial charge in [0, 0.05) is 6.61 Å². The third kappa shape index (κ3) is 3.14. The number of rotatable bonds is 6. The van der Waals surface area contributed by atoms with Gasteiger partial charge in [0.25, 0.3) is 0 Å². The molecule has 0 aromatic carbocycles. The van der Waals surface area contributed by atoms with Crippen molar-refractivity contribution in [2.75, 3.05) is 6.61 Å². The highest BCUT2D eigenvalue weighted by Crippen LogP contribution is 2.33. The molecule has 1 saturated carbocycles. The van der Waals surface area contributed by atoms with Gasteiger partial charge in [0.2, 0.25) is 0 Å². The van der Waals surface area contributed by atoms with Crippen LogP contribution in [0.2, 0.25) is 0 Å². The molecule has 0 heterocycles. The highest BCUT2D eigenvalue weighted by molar-refractivity contribution is 4.75. The first-order valence-corrected chi connectivity index (χ1v) is 5.34. The predicted molar refractivity (Wildman–Crippen MR) is 52.3 cm³/mol. The van der Waals surface area contributed by atoms with Gasteiger partial charge in [-0.15, -0.1) is 0 Å². The summed E-state index contributed by atoms with van der Waals surface area (Å²) in [7, 11) is 0. The van der Waals surface area contributed by atoms with Gasteiger partial charge >= 0.3 is 0 Å². The topological polar surface area (TPSA) is 9.23 Å². The van der Waals surface area contributed by atoms with Crippen molar-refractivity contribution in [2.24, 2.45) is 5.92 Å². The maximum Gasteiger partial charge on any atom is 0.0649 e. The molecular weight excluding hydrogens is 148 g/mol. The average molecular weight is 170 g/mol. The van der Waals surface area contributed by atoms with Crippen LogP contribution in [0.3, 0.4) is 0 Å². The summed E-state index contributed by atoms with van der Waals surface area (Å²) in [5.74, 6) is 1.00. The Labute approximate surface area is 76.5 Å². The van der Waals surface area contributed by atoms with E-state index in [2.05, 4.69) is 20.8 Å². The van der Waals surface area contributed by atoms with Gasteiger partial charge in [-0.2, -0.15) is 0 Å². The molecule has 1 rings (SSSR count). The smallest absolute Gasteiger partial charge is 0.0649 e. The maximum absolute atomic E-state index is 5.88. The lowest BCUT2D eigenvalue weighted by molar-refractivity contribution is -0.0394. The van der Waals surface area contributed by atoms with Crippen LogP contribution in [0.25, 0.3) is 0 Å². The van der Waals surface area contributed by atoms with Crippen LogP contribution in [0.1, 0.15) is 52.9 Å². The fourth-order valence-corrected chi connectivity index (χ4v) is 1.33. The van der Waals surface area contributed by atoms with Gasteiger partial charge in [-0.05, 0) is 32.1 Å². The SMILES string of the molecule is CCC(C)(CC)OCCC1CC1. The minimum Gasteiger partial charge on any atom is -0.375 e. The van der Waals surface area contributed by atoms with Crippen molar-refractivity contribution >= 4 is 0 Å². The Morgan fingerprint density at radius 1 is 1.25 bits per heavy atom. The molecule has 1 heteroatoms. The molecule has 0 aromatic rings. The molecule has 0 unspecified atom stereocenters. The normalized spacial score (nSPS) is 18.2. The van der Waals surface area contributed by atoms with E-state index in [0.29, 0.717) is 0 Å². The zero-order chi connectivity index (χ0) is 9.03. The van der Waals surface area contributed by atoms with Gasteiger partial charge in [0.15, 0.2) is 0 Å². The second-order valence-corrected chi connectivity index (χ2v) is 4.24. The van der Waals surface area contributed by atoms with Crippen molar-refractivity contribution in [3.63, 3.8) is 0 Å². The summed E-state index contributed by atoms with van der Waals surface area (Å²) in [6, 6.07) is 0. The van der Waals surface area contributed by atoms with E-state index in [-0.39, 0.29) is 5.60 Å². The van der Waals surface area contributed by atoms with Crippen LogP contribution in [0, 0.1) is 5.92 Å². The van der Waals surface area contributed by atoms with Crippen LogP contribution in [0.4, 0.5) is 0 Å². The van der Waals surface area contributed by atoms with Crippen LogP contribution in [0.15, 0.2) is 0 Å². The molecule has 0 atom stereocenters. The van der Waals surface area contributed by atoms with Crippen LogP contribution in [-0.4, -0.2) is 12.2 Å². The molecule has 0 amide bonds. The van der Waals surface area contributed by atoms with Gasteiger partial charge in [-0.1, -0.05) is 26.7 Å². The average Bonchev–Trinajstić information content (AvgIpc) is 2.88. The molecular formula is C11H22O. The maximum atomic E-state index is 5.88. The van der Waals surface area contributed by atoms with E-state index in [0.717, 1.165) is 25.4 Å². The molecule has 1 aliphatic rings. The van der Waals surface area contributed by atoms with Crippen LogP contribution >= 0.6 is 0 Å². The van der Waals surface area contributed by atoms with E-state index in [1.54, 1.807) is 0 Å². The lowest BCUT2D eigenvalue weighted by Gasteiger charge is -2.27. The van der Waals surface area contributed by atoms with Gasteiger partial charge in [-0.3, -0.25) is 0 Å². The third-order valence-electron chi connectivity index (χ3n) is 3.17. The molecule has 72 valence electrons. The van der Waals surface area contributed by atoms with E-state index in [1.165, 1.54) is 19.3 Å². The summed E-state index contributed by atoms with van der Waals surface area (Å²) >= 11 is 0. The summed E-state index contributed by atoms with van der Waals surface area (Å²) in [6.07, 6.45) is 6.44. The quantitative estimate of drug-likeness (QED) is 0.593. The largest absolute Gasteiger partial charge is 0.375 e. The standard InChI is InChI=1S/C11H22O/c1-4-11(3,5-2)12-9-8-10-6-7-10/h10H,4-9H2,1-3H3. The molecule has 1 nitrogen and oxygen atoms in total. The van der Waals surface area contributed by atoms with Crippen molar-refractivity contribution in [2.45, 2.75) is 58.5 Å². The molecule has 0 aromatic heterocycles. The van der Waals surface area contributed by atoms with Crippen LogP contribution in [-0.2, 0) is 4.74 Å². The Morgan fingerprint density at radius 3 is 2.25 bits per heavy atom. The summed E-state index contributed by atoms with van der Waals surface area (Å²) in [5, 5.41) is 0. The van der Waals surface area contributed by atoms with E-state index in [1.807, 2.05) is 0 Å². The molecule has 0 saturated heterocycles. The Bertz CT molecular complexity index is 123. The zero-order valence-electron chi connectivity index (χ0n) is 8.73. The number of hydrogen-bond donors (Lipinski definition) is 0. The van der Waals surface area contributed by atoms with Crippen molar-refractivity contribution in [3.05, 3.63) is 0 Å². The molecule has 1 fully saturated rings. The Balaban J connectivity index is 2.08. The molecule has 0 radical (unpaired) electrons. The lowest BCUT2D eigenvalue weighted by atomic mass is 10.0. The Hall–Kier alpha value is -0.0400. The molecule has 1 aliphatic carbocycles. The van der Waals surface area contributed by atoms with Gasteiger partial charge in [0.05, 0.1) is 5.60 Å². The second-order valence-electron chi connectivity index (χ2n) is 4.24. The first kappa shape index (κ1) is 10.0. The Morgan fingerprint density at radius 2 is 1.83 bits per heavy atom. The highest BCUT2D eigenvalue weighted by Gasteiger charge is 2.24. The fourth-order valence-electron chi connectivity index (χ4n) is 1.33. The Kier molecular flexibility index (Phi) is 3.57. The van der Waals surface area contributed by atoms with Crippen molar-refractivity contribution in [1.29, 1.82) is 0 Å². The third-order valence-corrected chi connectivity index (χ3v) is 3.17. The summed E-state index contributed by atoms with van der Waals surface area (Å²) in [5.41, 5.74) is 0.148. The minimum atomic E-state index is 0.148. The van der Waals surface area contributed by atoms with Crippen LogP contribution in [0.5, 0.6) is 0 Å². The minimum absolute atomic E-state index is 0.148. The van der Waals surface area contributed by atoms with Gasteiger partial charge in [-0.25, -0.2) is 0 Å². The van der Waals surface area contributed by atoms with Crippen molar-refractivity contribution in [3.8, 4) is 0 Å². The van der Waals surface area contributed by atoms with E-state index < -0.39 is 0 Å². The molecule has 0 aliphatic heterocycles. The first-order chi connectivity index (χ1) is 5.70. The van der Waals surface area contributed by atoms with Gasteiger partial charge < -0.3 is 4.74 Å². The van der Waals surface area contributed by atoms with Gasteiger partial charge in [0.1, 0.15) is 0 Å². The van der Waals surface area contributed by atoms with E-state index in [4.69, 9.17) is 4.74 Å². The zero-order valence-corrected chi connectivity index (χ0v) is 8.73. The van der Waals surface area contributed by atoms with Crippen molar-refractivity contribution in [1.82, 2.24) is 0 Å². The molecule has 0 N–H and O–H groups in total. The summed E-state index contributed by atoms with van der Waals surface area (Å²) < 4.78 is 5.88. The molecule has 0 spiro atoms. The molecule has 12 heavy (non-hydrogen) atoms. The van der Waals surface area contributed by atoms with E-state index in [9.17, 15) is 0 Å². The summed E-state index contributed by atoms with van der Waals surface area (Å²) in [6.45, 7) is 7.62. The van der Waals surface area contributed by atoms with E-state index >= 15 is 0 Å².